The van der Waals surface area contributed by atoms with E-state index in [-0.39, 0.29) is 29.1 Å². The summed E-state index contributed by atoms with van der Waals surface area (Å²) in [6, 6.07) is 7.44. The van der Waals surface area contributed by atoms with Gasteiger partial charge in [-0.2, -0.15) is 0 Å². The highest BCUT2D eigenvalue weighted by atomic mass is 16.5. The van der Waals surface area contributed by atoms with Gasteiger partial charge in [-0.15, -0.1) is 0 Å². The zero-order valence-corrected chi connectivity index (χ0v) is 16.9. The first kappa shape index (κ1) is 20.8. The lowest BCUT2D eigenvalue weighted by atomic mass is 9.85. The minimum absolute atomic E-state index is 0.01000. The molecule has 0 radical (unpaired) electrons. The molecule has 0 bridgehead atoms. The zero-order chi connectivity index (χ0) is 21.2. The number of fused-ring (bicyclic) bond motifs is 1. The summed E-state index contributed by atoms with van der Waals surface area (Å²) in [5.41, 5.74) is 1.74. The Hall–Kier alpha value is -2.96. The topological polar surface area (TPSA) is 92.8 Å². The minimum atomic E-state index is -0.781. The van der Waals surface area contributed by atoms with Crippen LogP contribution in [-0.2, 0) is 29.3 Å². The van der Waals surface area contributed by atoms with Crippen molar-refractivity contribution in [2.45, 2.75) is 39.0 Å². The van der Waals surface area contributed by atoms with Gasteiger partial charge >= 0.3 is 5.97 Å². The normalized spacial score (nSPS) is 21.1. The van der Waals surface area contributed by atoms with E-state index >= 15 is 0 Å². The number of hydrogen-bond donors (Lipinski definition) is 1. The van der Waals surface area contributed by atoms with Crippen molar-refractivity contribution in [1.29, 1.82) is 0 Å². The molecule has 3 rings (SSSR count). The molecule has 0 spiro atoms. The van der Waals surface area contributed by atoms with Gasteiger partial charge in [0.25, 0.3) is 5.91 Å². The summed E-state index contributed by atoms with van der Waals surface area (Å²) in [6.45, 7) is 5.35. The maximum absolute atomic E-state index is 12.3. The smallest absolute Gasteiger partial charge is 0.326 e. The molecule has 1 aliphatic carbocycles. The predicted octanol–water partition coefficient (Wildman–Crippen LogP) is 2.42. The Labute approximate surface area is 170 Å². The third kappa shape index (κ3) is 4.72. The quantitative estimate of drug-likeness (QED) is 0.467. The first-order valence-electron chi connectivity index (χ1n) is 9.73. The van der Waals surface area contributed by atoms with Crippen LogP contribution in [0.25, 0.3) is 0 Å². The summed E-state index contributed by atoms with van der Waals surface area (Å²) in [5.74, 6) is -2.73. The van der Waals surface area contributed by atoms with E-state index in [9.17, 15) is 19.2 Å². The van der Waals surface area contributed by atoms with E-state index in [1.807, 2.05) is 24.3 Å². The summed E-state index contributed by atoms with van der Waals surface area (Å²) >= 11 is 0. The highest BCUT2D eigenvalue weighted by molar-refractivity contribution is 6.07. The molecule has 1 heterocycles. The molecule has 7 nitrogen and oxygen atoms in total. The van der Waals surface area contributed by atoms with Crippen molar-refractivity contribution in [3.8, 4) is 0 Å². The molecule has 1 aliphatic heterocycles. The largest absolute Gasteiger partial charge is 0.454 e. The van der Waals surface area contributed by atoms with Crippen molar-refractivity contribution in [2.75, 3.05) is 18.5 Å². The lowest BCUT2D eigenvalue weighted by Gasteiger charge is -2.19. The molecule has 1 N–H and O–H groups in total. The van der Waals surface area contributed by atoms with Crippen LogP contribution >= 0.6 is 0 Å². The van der Waals surface area contributed by atoms with E-state index in [0.29, 0.717) is 18.5 Å². The van der Waals surface area contributed by atoms with Gasteiger partial charge in [-0.3, -0.25) is 24.1 Å². The number of allylic oxidation sites excluding steroid dienone is 2. The molecule has 7 heteroatoms. The number of hydrogen-bond acceptors (Lipinski definition) is 5. The van der Waals surface area contributed by atoms with Gasteiger partial charge in [-0.1, -0.05) is 45.1 Å². The predicted molar refractivity (Wildman–Crippen MR) is 107 cm³/mol. The van der Waals surface area contributed by atoms with E-state index < -0.39 is 25.0 Å². The van der Waals surface area contributed by atoms with Crippen LogP contribution in [0.3, 0.4) is 0 Å². The standard InChI is InChI=1S/C22H26N2O5/c1-22(2,3)14-8-10-15(11-9-14)23-18(25)13-29-19(26)12-24-20(27)16-6-4-5-7-17(16)21(24)28/h4-5,8-11,16-17H,6-7,12-13H2,1-3H3,(H,23,25)/t16-,17-/m0/s1. The van der Waals surface area contributed by atoms with Gasteiger partial charge in [0.2, 0.25) is 11.8 Å². The Balaban J connectivity index is 1.47. The van der Waals surface area contributed by atoms with Crippen LogP contribution in [0.4, 0.5) is 5.69 Å². The molecule has 1 aromatic rings. The number of ether oxygens (including phenoxy) is 1. The molecule has 0 aromatic heterocycles. The average molecular weight is 398 g/mol. The fraction of sp³-hybridized carbons (Fsp3) is 0.455. The zero-order valence-electron chi connectivity index (χ0n) is 16.9. The number of carbonyl (C=O) groups is 4. The monoisotopic (exact) mass is 398 g/mol. The van der Waals surface area contributed by atoms with Crippen LogP contribution in [-0.4, -0.2) is 41.7 Å². The number of nitrogens with one attached hydrogen (secondary N) is 1. The molecule has 1 fully saturated rings. The molecule has 0 unspecified atom stereocenters. The van der Waals surface area contributed by atoms with E-state index in [2.05, 4.69) is 26.1 Å². The second-order valence-electron chi connectivity index (χ2n) is 8.45. The molecule has 29 heavy (non-hydrogen) atoms. The van der Waals surface area contributed by atoms with Crippen LogP contribution in [0.15, 0.2) is 36.4 Å². The third-order valence-electron chi connectivity index (χ3n) is 5.29. The third-order valence-corrected chi connectivity index (χ3v) is 5.29. The van der Waals surface area contributed by atoms with Crippen LogP contribution < -0.4 is 5.32 Å². The molecule has 2 aliphatic rings. The molecule has 3 amide bonds. The maximum atomic E-state index is 12.3. The molecule has 154 valence electrons. The first-order valence-corrected chi connectivity index (χ1v) is 9.73. The Morgan fingerprint density at radius 3 is 2.10 bits per heavy atom. The van der Waals surface area contributed by atoms with Gasteiger partial charge in [-0.25, -0.2) is 0 Å². The number of anilines is 1. The molecular weight excluding hydrogens is 372 g/mol. The van der Waals surface area contributed by atoms with Gasteiger partial charge in [0.15, 0.2) is 6.61 Å². The Bertz CT molecular complexity index is 825. The van der Waals surface area contributed by atoms with E-state index in [1.165, 1.54) is 0 Å². The van der Waals surface area contributed by atoms with Gasteiger partial charge in [0, 0.05) is 5.69 Å². The number of nitrogens with zero attached hydrogens (tertiary/aromatic N) is 1. The van der Waals surface area contributed by atoms with Crippen molar-refractivity contribution in [2.24, 2.45) is 11.8 Å². The number of likely N-dealkylation sites (tertiary alicyclic amines) is 1. The van der Waals surface area contributed by atoms with Crippen molar-refractivity contribution in [1.82, 2.24) is 4.90 Å². The molecule has 2 atom stereocenters. The number of imide groups is 1. The number of carbonyl (C=O) groups excluding carboxylic acids is 4. The van der Waals surface area contributed by atoms with E-state index in [0.717, 1.165) is 10.5 Å². The summed E-state index contributed by atoms with van der Waals surface area (Å²) < 4.78 is 4.95. The van der Waals surface area contributed by atoms with Crippen molar-refractivity contribution in [3.63, 3.8) is 0 Å². The number of benzene rings is 1. The fourth-order valence-electron chi connectivity index (χ4n) is 3.60. The van der Waals surface area contributed by atoms with Crippen molar-refractivity contribution in [3.05, 3.63) is 42.0 Å². The molecule has 1 aromatic carbocycles. The SMILES string of the molecule is CC(C)(C)c1ccc(NC(=O)COC(=O)CN2C(=O)[C@H]3CC=CC[C@@H]3C2=O)cc1. The van der Waals surface area contributed by atoms with Crippen molar-refractivity contribution >= 4 is 29.4 Å². The molecule has 1 saturated heterocycles. The summed E-state index contributed by atoms with van der Waals surface area (Å²) in [4.78, 5) is 49.7. The van der Waals surface area contributed by atoms with Crippen molar-refractivity contribution < 1.29 is 23.9 Å². The maximum Gasteiger partial charge on any atom is 0.326 e. The second kappa shape index (κ2) is 8.19. The van der Waals surface area contributed by atoms with Crippen LogP contribution in [0.5, 0.6) is 0 Å². The van der Waals surface area contributed by atoms with E-state index in [4.69, 9.17) is 4.74 Å². The minimum Gasteiger partial charge on any atom is -0.454 e. The molecular formula is C22H26N2O5. The average Bonchev–Trinajstić information content (AvgIpc) is 2.91. The first-order chi connectivity index (χ1) is 13.7. The van der Waals surface area contributed by atoms with Gasteiger partial charge in [-0.05, 0) is 36.0 Å². The van der Waals surface area contributed by atoms with Gasteiger partial charge in [0.1, 0.15) is 6.54 Å². The highest BCUT2D eigenvalue weighted by Crippen LogP contribution is 2.34. The summed E-state index contributed by atoms with van der Waals surface area (Å²) in [5, 5.41) is 2.66. The van der Waals surface area contributed by atoms with Crippen LogP contribution in [0, 0.1) is 11.8 Å². The van der Waals surface area contributed by atoms with Crippen LogP contribution in [0.2, 0.25) is 0 Å². The van der Waals surface area contributed by atoms with Gasteiger partial charge in [0.05, 0.1) is 11.8 Å². The molecule has 0 saturated carbocycles. The lowest BCUT2D eigenvalue weighted by molar-refractivity contribution is -0.154. The number of esters is 1. The number of amides is 3. The van der Waals surface area contributed by atoms with Crippen LogP contribution in [0.1, 0.15) is 39.2 Å². The highest BCUT2D eigenvalue weighted by Gasteiger charge is 2.47. The Morgan fingerprint density at radius 2 is 1.59 bits per heavy atom. The lowest BCUT2D eigenvalue weighted by Crippen LogP contribution is -2.37. The Kier molecular flexibility index (Phi) is 5.86. The second-order valence-corrected chi connectivity index (χ2v) is 8.45. The number of rotatable bonds is 5. The van der Waals surface area contributed by atoms with E-state index in [1.54, 1.807) is 12.1 Å². The summed E-state index contributed by atoms with van der Waals surface area (Å²) in [6.07, 6.45) is 4.79. The van der Waals surface area contributed by atoms with Gasteiger partial charge < -0.3 is 10.1 Å². The summed E-state index contributed by atoms with van der Waals surface area (Å²) in [7, 11) is 0. The fourth-order valence-corrected chi connectivity index (χ4v) is 3.60. The Morgan fingerprint density at radius 1 is 1.03 bits per heavy atom.